The second-order valence-corrected chi connectivity index (χ2v) is 5.20. The molecule has 0 atom stereocenters. The van der Waals surface area contributed by atoms with Crippen LogP contribution in [-0.2, 0) is 5.41 Å². The van der Waals surface area contributed by atoms with Gasteiger partial charge in [0.25, 0.3) is 0 Å². The number of hydrogen-bond acceptors (Lipinski definition) is 3. The number of nitrogens with zero attached hydrogens (tertiary/aromatic N) is 2. The van der Waals surface area contributed by atoms with E-state index < -0.39 is 0 Å². The van der Waals surface area contributed by atoms with Gasteiger partial charge in [0.15, 0.2) is 0 Å². The van der Waals surface area contributed by atoms with Gasteiger partial charge in [0.05, 0.1) is 12.0 Å². The monoisotopic (exact) mass is 220 g/mol. The Balaban J connectivity index is 2.40. The van der Waals surface area contributed by atoms with Crippen LogP contribution in [-0.4, -0.2) is 21.7 Å². The smallest absolute Gasteiger partial charge is 0.137 e. The molecule has 1 saturated carbocycles. The van der Waals surface area contributed by atoms with Crippen molar-refractivity contribution in [2.45, 2.75) is 51.4 Å². The molecule has 1 heterocycles. The molecule has 1 N–H and O–H groups in total. The first-order valence-electron chi connectivity index (χ1n) is 6.04. The van der Waals surface area contributed by atoms with E-state index in [-0.39, 0.29) is 12.0 Å². The number of aromatic nitrogens is 2. The Labute approximate surface area is 96.9 Å². The zero-order chi connectivity index (χ0) is 11.8. The molecular formula is C13H20N2O. The van der Waals surface area contributed by atoms with Crippen LogP contribution in [0.2, 0.25) is 0 Å². The van der Waals surface area contributed by atoms with E-state index in [1.807, 2.05) is 13.0 Å². The first kappa shape index (κ1) is 11.5. The van der Waals surface area contributed by atoms with Crippen LogP contribution in [0.15, 0.2) is 6.07 Å². The minimum absolute atomic E-state index is 0.143. The van der Waals surface area contributed by atoms with E-state index in [1.165, 1.54) is 6.42 Å². The number of aliphatic hydroxyl groups is 1. The van der Waals surface area contributed by atoms with E-state index in [0.29, 0.717) is 5.92 Å². The normalized spacial score (nSPS) is 18.6. The molecule has 3 heteroatoms. The van der Waals surface area contributed by atoms with Gasteiger partial charge in [-0.25, -0.2) is 9.97 Å². The van der Waals surface area contributed by atoms with Gasteiger partial charge in [0, 0.05) is 11.4 Å². The molecule has 0 amide bonds. The molecule has 0 aliphatic heterocycles. The minimum Gasteiger partial charge on any atom is -0.395 e. The molecule has 0 radical (unpaired) electrons. The van der Waals surface area contributed by atoms with Gasteiger partial charge in [0.1, 0.15) is 5.82 Å². The summed E-state index contributed by atoms with van der Waals surface area (Å²) >= 11 is 0. The Morgan fingerprint density at radius 3 is 2.50 bits per heavy atom. The number of aliphatic hydroxyl groups excluding tert-OH is 1. The molecular weight excluding hydrogens is 200 g/mol. The van der Waals surface area contributed by atoms with Crippen LogP contribution >= 0.6 is 0 Å². The van der Waals surface area contributed by atoms with Gasteiger partial charge < -0.3 is 5.11 Å². The van der Waals surface area contributed by atoms with Crippen molar-refractivity contribution in [2.24, 2.45) is 0 Å². The Hall–Kier alpha value is -0.960. The Morgan fingerprint density at radius 1 is 1.38 bits per heavy atom. The van der Waals surface area contributed by atoms with Crippen molar-refractivity contribution in [3.05, 3.63) is 23.3 Å². The van der Waals surface area contributed by atoms with Crippen LogP contribution < -0.4 is 0 Å². The lowest BCUT2D eigenvalue weighted by Crippen LogP contribution is -2.40. The average molecular weight is 220 g/mol. The molecule has 2 rings (SSSR count). The third-order valence-electron chi connectivity index (χ3n) is 3.55. The number of rotatable bonds is 3. The summed E-state index contributed by atoms with van der Waals surface area (Å²) in [6.45, 7) is 6.45. The Morgan fingerprint density at radius 2 is 2.06 bits per heavy atom. The summed E-state index contributed by atoms with van der Waals surface area (Å²) in [4.78, 5) is 9.14. The summed E-state index contributed by atoms with van der Waals surface area (Å²) in [6.07, 6.45) is 3.21. The van der Waals surface area contributed by atoms with E-state index in [4.69, 9.17) is 0 Å². The van der Waals surface area contributed by atoms with E-state index in [1.54, 1.807) is 0 Å². The molecule has 16 heavy (non-hydrogen) atoms. The van der Waals surface area contributed by atoms with E-state index >= 15 is 0 Å². The molecule has 1 fully saturated rings. The second kappa shape index (κ2) is 4.13. The quantitative estimate of drug-likeness (QED) is 0.850. The molecule has 1 aromatic heterocycles. The standard InChI is InChI=1S/C13H20N2O/c1-9(2)11-7-10(3)14-12(15-11)13(8-16)5-4-6-13/h7,9,16H,4-6,8H2,1-3H3. The molecule has 0 spiro atoms. The molecule has 0 aromatic carbocycles. The van der Waals surface area contributed by atoms with Gasteiger partial charge in [-0.2, -0.15) is 0 Å². The van der Waals surface area contributed by atoms with Crippen molar-refractivity contribution in [2.75, 3.05) is 6.61 Å². The SMILES string of the molecule is Cc1cc(C(C)C)nc(C2(CO)CCC2)n1. The summed E-state index contributed by atoms with van der Waals surface area (Å²) < 4.78 is 0. The topological polar surface area (TPSA) is 46.0 Å². The highest BCUT2D eigenvalue weighted by Crippen LogP contribution is 2.41. The highest BCUT2D eigenvalue weighted by molar-refractivity contribution is 5.20. The van der Waals surface area contributed by atoms with Crippen molar-refractivity contribution >= 4 is 0 Å². The summed E-state index contributed by atoms with van der Waals surface area (Å²) in [5.74, 6) is 1.27. The molecule has 1 aromatic rings. The second-order valence-electron chi connectivity index (χ2n) is 5.20. The van der Waals surface area contributed by atoms with Crippen LogP contribution in [0, 0.1) is 6.92 Å². The van der Waals surface area contributed by atoms with Gasteiger partial charge in [-0.1, -0.05) is 20.3 Å². The maximum absolute atomic E-state index is 9.53. The summed E-state index contributed by atoms with van der Waals surface area (Å²) in [6, 6.07) is 2.04. The van der Waals surface area contributed by atoms with Gasteiger partial charge >= 0.3 is 0 Å². The maximum atomic E-state index is 9.53. The predicted molar refractivity (Wildman–Crippen MR) is 63.5 cm³/mol. The molecule has 3 nitrogen and oxygen atoms in total. The summed E-state index contributed by atoms with van der Waals surface area (Å²) in [5, 5.41) is 9.53. The zero-order valence-corrected chi connectivity index (χ0v) is 10.3. The first-order chi connectivity index (χ1) is 7.57. The van der Waals surface area contributed by atoms with Crippen molar-refractivity contribution in [1.29, 1.82) is 0 Å². The van der Waals surface area contributed by atoms with Crippen LogP contribution in [0.5, 0.6) is 0 Å². The molecule has 0 saturated heterocycles. The van der Waals surface area contributed by atoms with Crippen molar-refractivity contribution < 1.29 is 5.11 Å². The molecule has 0 bridgehead atoms. The number of aryl methyl sites for hydroxylation is 1. The van der Waals surface area contributed by atoms with Gasteiger partial charge in [0.2, 0.25) is 0 Å². The predicted octanol–water partition coefficient (Wildman–Crippen LogP) is 2.32. The first-order valence-corrected chi connectivity index (χ1v) is 6.04. The van der Waals surface area contributed by atoms with Crippen LogP contribution in [0.3, 0.4) is 0 Å². The minimum atomic E-state index is -0.143. The largest absolute Gasteiger partial charge is 0.395 e. The van der Waals surface area contributed by atoms with Crippen LogP contribution in [0.4, 0.5) is 0 Å². The van der Waals surface area contributed by atoms with Gasteiger partial charge in [-0.15, -0.1) is 0 Å². The highest BCUT2D eigenvalue weighted by atomic mass is 16.3. The van der Waals surface area contributed by atoms with Gasteiger partial charge in [-0.3, -0.25) is 0 Å². The van der Waals surface area contributed by atoms with E-state index in [9.17, 15) is 5.11 Å². The maximum Gasteiger partial charge on any atom is 0.137 e. The van der Waals surface area contributed by atoms with Crippen molar-refractivity contribution in [1.82, 2.24) is 9.97 Å². The molecule has 1 aliphatic carbocycles. The summed E-state index contributed by atoms with van der Waals surface area (Å²) in [7, 11) is 0. The zero-order valence-electron chi connectivity index (χ0n) is 10.3. The molecule has 88 valence electrons. The molecule has 1 aliphatic rings. The van der Waals surface area contributed by atoms with E-state index in [0.717, 1.165) is 30.1 Å². The third kappa shape index (κ3) is 1.84. The fourth-order valence-electron chi connectivity index (χ4n) is 2.18. The van der Waals surface area contributed by atoms with Crippen LogP contribution in [0.1, 0.15) is 56.2 Å². The number of hydrogen-bond donors (Lipinski definition) is 1. The fourth-order valence-corrected chi connectivity index (χ4v) is 2.18. The van der Waals surface area contributed by atoms with Crippen molar-refractivity contribution in [3.8, 4) is 0 Å². The molecule has 0 unspecified atom stereocenters. The lowest BCUT2D eigenvalue weighted by atomic mass is 9.68. The lowest BCUT2D eigenvalue weighted by molar-refractivity contribution is 0.111. The Bertz CT molecular complexity index is 378. The highest BCUT2D eigenvalue weighted by Gasteiger charge is 2.41. The summed E-state index contributed by atoms with van der Waals surface area (Å²) in [5.41, 5.74) is 1.95. The average Bonchev–Trinajstić information content (AvgIpc) is 2.16. The Kier molecular flexibility index (Phi) is 2.98. The van der Waals surface area contributed by atoms with Crippen LogP contribution in [0.25, 0.3) is 0 Å². The van der Waals surface area contributed by atoms with Crippen molar-refractivity contribution in [3.63, 3.8) is 0 Å². The fraction of sp³-hybridized carbons (Fsp3) is 0.692. The van der Waals surface area contributed by atoms with Gasteiger partial charge in [-0.05, 0) is 31.7 Å². The third-order valence-corrected chi connectivity index (χ3v) is 3.55. The van der Waals surface area contributed by atoms with E-state index in [2.05, 4.69) is 23.8 Å². The lowest BCUT2D eigenvalue weighted by Gasteiger charge is -2.39.